The lowest BCUT2D eigenvalue weighted by Crippen LogP contribution is -2.26. The number of aliphatic carboxylic acids is 2. The fourth-order valence-electron chi connectivity index (χ4n) is 3.27. The summed E-state index contributed by atoms with van der Waals surface area (Å²) in [6.07, 6.45) is 5.63. The molecule has 0 aliphatic carbocycles. The van der Waals surface area contributed by atoms with Crippen LogP contribution in [0.3, 0.4) is 0 Å². The molecule has 0 bridgehead atoms. The van der Waals surface area contributed by atoms with Gasteiger partial charge in [-0.25, -0.2) is 9.59 Å². The number of hydrogen-bond acceptors (Lipinski definition) is 4. The summed E-state index contributed by atoms with van der Waals surface area (Å²) < 4.78 is 7.24. The number of hydrogen-bond donors (Lipinski definition) is 2. The molecule has 2 N–H and O–H groups in total. The number of carboxylic acids is 2. The zero-order valence-corrected chi connectivity index (χ0v) is 20.5. The molecule has 0 radical (unpaired) electrons. The van der Waals surface area contributed by atoms with Crippen molar-refractivity contribution in [2.24, 2.45) is 0 Å². The monoisotopic (exact) mass is 507 g/mol. The van der Waals surface area contributed by atoms with Crippen molar-refractivity contribution in [1.82, 2.24) is 4.90 Å². The lowest BCUT2D eigenvalue weighted by molar-refractivity contribution is -0.159. The minimum absolute atomic E-state index is 0.719. The largest absolute Gasteiger partial charge is 0.493 e. The minimum Gasteiger partial charge on any atom is -0.493 e. The van der Waals surface area contributed by atoms with Gasteiger partial charge in [-0.15, -0.1) is 0 Å². The molecule has 0 aliphatic heterocycles. The van der Waals surface area contributed by atoms with Crippen LogP contribution in [0.1, 0.15) is 44.2 Å². The van der Waals surface area contributed by atoms with Crippen molar-refractivity contribution >= 4 is 27.9 Å². The molecule has 0 atom stereocenters. The molecule has 0 unspecified atom stereocenters. The van der Waals surface area contributed by atoms with Crippen LogP contribution in [0.25, 0.3) is 0 Å². The molecule has 0 aliphatic rings. The molecule has 0 saturated heterocycles. The predicted molar refractivity (Wildman–Crippen MR) is 130 cm³/mol. The van der Waals surface area contributed by atoms with Crippen molar-refractivity contribution in [3.63, 3.8) is 0 Å². The predicted octanol–water partition coefficient (Wildman–Crippen LogP) is 5.28. The molecule has 2 aromatic rings. The molecule has 0 aromatic heterocycles. The maximum absolute atomic E-state index is 9.10. The number of rotatable bonds is 12. The second-order valence-electron chi connectivity index (χ2n) is 7.39. The van der Waals surface area contributed by atoms with Crippen LogP contribution in [0.4, 0.5) is 0 Å². The summed E-state index contributed by atoms with van der Waals surface area (Å²) in [5.74, 6) is -2.62. The zero-order valence-electron chi connectivity index (χ0n) is 18.9. The van der Waals surface area contributed by atoms with Crippen LogP contribution in [0.15, 0.2) is 53.0 Å². The Morgan fingerprint density at radius 3 is 2.09 bits per heavy atom. The van der Waals surface area contributed by atoms with Crippen molar-refractivity contribution in [1.29, 1.82) is 0 Å². The van der Waals surface area contributed by atoms with E-state index in [0.717, 1.165) is 36.2 Å². The normalized spacial score (nSPS) is 10.4. The lowest BCUT2D eigenvalue weighted by Gasteiger charge is -2.21. The number of nitrogens with zero attached hydrogens (tertiary/aromatic N) is 1. The third kappa shape index (κ3) is 11.9. The van der Waals surface area contributed by atoms with Crippen LogP contribution in [-0.2, 0) is 22.4 Å². The first-order valence-corrected chi connectivity index (χ1v) is 11.8. The highest BCUT2D eigenvalue weighted by molar-refractivity contribution is 9.10. The van der Waals surface area contributed by atoms with Gasteiger partial charge in [-0.1, -0.05) is 60.1 Å². The molecule has 7 heteroatoms. The van der Waals surface area contributed by atoms with E-state index in [9.17, 15) is 0 Å². The molecule has 0 amide bonds. The lowest BCUT2D eigenvalue weighted by atomic mass is 10.1. The fourth-order valence-corrected chi connectivity index (χ4v) is 3.68. The van der Waals surface area contributed by atoms with E-state index in [1.54, 1.807) is 0 Å². The van der Waals surface area contributed by atoms with E-state index in [1.165, 1.54) is 43.5 Å². The van der Waals surface area contributed by atoms with E-state index in [1.807, 2.05) is 0 Å². The molecule has 0 spiro atoms. The van der Waals surface area contributed by atoms with E-state index >= 15 is 0 Å². The van der Waals surface area contributed by atoms with Gasteiger partial charge in [0.05, 0.1) is 6.61 Å². The molecule has 6 nitrogen and oxygen atoms in total. The van der Waals surface area contributed by atoms with Crippen LogP contribution < -0.4 is 4.74 Å². The summed E-state index contributed by atoms with van der Waals surface area (Å²) in [5.41, 5.74) is 2.63. The first kappa shape index (κ1) is 27.7. The summed E-state index contributed by atoms with van der Waals surface area (Å²) in [6, 6.07) is 16.9. The number of ether oxygens (including phenoxy) is 1. The summed E-state index contributed by atoms with van der Waals surface area (Å²) in [5, 5.41) is 14.8. The molecule has 2 rings (SSSR count). The number of carboxylic acid groups (broad SMARTS) is 2. The minimum atomic E-state index is -1.82. The average Bonchev–Trinajstić information content (AvgIpc) is 2.76. The van der Waals surface area contributed by atoms with Gasteiger partial charge < -0.3 is 19.8 Å². The maximum Gasteiger partial charge on any atom is 0.414 e. The van der Waals surface area contributed by atoms with Gasteiger partial charge in [0.25, 0.3) is 0 Å². The quantitative estimate of drug-likeness (QED) is 0.380. The van der Waals surface area contributed by atoms with Crippen LogP contribution in [0.2, 0.25) is 0 Å². The molecule has 176 valence electrons. The Morgan fingerprint density at radius 1 is 0.906 bits per heavy atom. The highest BCUT2D eigenvalue weighted by Gasteiger charge is 2.08. The average molecular weight is 508 g/mol. The second-order valence-corrected chi connectivity index (χ2v) is 8.31. The van der Waals surface area contributed by atoms with Gasteiger partial charge in [0, 0.05) is 10.9 Å². The first-order chi connectivity index (χ1) is 15.4. The Labute approximate surface area is 199 Å². The van der Waals surface area contributed by atoms with Crippen LogP contribution in [0, 0.1) is 0 Å². The van der Waals surface area contributed by atoms with Crippen molar-refractivity contribution in [2.45, 2.75) is 46.0 Å². The van der Waals surface area contributed by atoms with Crippen LogP contribution in [-0.4, -0.2) is 53.3 Å². The molecule has 0 heterocycles. The van der Waals surface area contributed by atoms with E-state index in [-0.39, 0.29) is 0 Å². The van der Waals surface area contributed by atoms with Crippen molar-refractivity contribution < 1.29 is 24.5 Å². The van der Waals surface area contributed by atoms with Crippen LogP contribution in [0.5, 0.6) is 5.75 Å². The van der Waals surface area contributed by atoms with Crippen molar-refractivity contribution in [3.8, 4) is 5.75 Å². The molecular weight excluding hydrogens is 474 g/mol. The summed E-state index contributed by atoms with van der Waals surface area (Å²) in [6.45, 7) is 8.80. The smallest absolute Gasteiger partial charge is 0.414 e. The second kappa shape index (κ2) is 16.3. The van der Waals surface area contributed by atoms with Gasteiger partial charge in [0.2, 0.25) is 0 Å². The number of aryl methyl sites for hydroxylation is 1. The highest BCUT2D eigenvalue weighted by atomic mass is 79.9. The van der Waals surface area contributed by atoms with E-state index in [0.29, 0.717) is 0 Å². The van der Waals surface area contributed by atoms with Gasteiger partial charge in [-0.3, -0.25) is 0 Å². The molecule has 0 saturated carbocycles. The third-order valence-electron chi connectivity index (χ3n) is 4.70. The number of halogens is 1. The van der Waals surface area contributed by atoms with E-state index < -0.39 is 11.9 Å². The zero-order chi connectivity index (χ0) is 23.8. The van der Waals surface area contributed by atoms with Gasteiger partial charge >= 0.3 is 11.9 Å². The third-order valence-corrected chi connectivity index (χ3v) is 5.19. The van der Waals surface area contributed by atoms with Gasteiger partial charge in [-0.05, 0) is 74.6 Å². The Kier molecular flexibility index (Phi) is 14.1. The molecule has 2 aromatic carbocycles. The number of benzene rings is 2. The van der Waals surface area contributed by atoms with Gasteiger partial charge in [0.1, 0.15) is 5.75 Å². The standard InChI is InChI=1S/C23H32BrNO.C2H2O4/c1-3-15-25(16-4-2)17-8-11-21-19-22(24)12-13-23(21)26-18-14-20-9-6-5-7-10-20;3-1(4)2(5)6/h5-7,9-10,12-13,19H,3-4,8,11,14-18H2,1-2H3;(H,3,4)(H,5,6). The summed E-state index contributed by atoms with van der Waals surface area (Å²) in [4.78, 5) is 20.8. The Hall–Kier alpha value is -2.38. The van der Waals surface area contributed by atoms with Gasteiger partial charge in [0.15, 0.2) is 0 Å². The Morgan fingerprint density at radius 2 is 1.53 bits per heavy atom. The topological polar surface area (TPSA) is 87.1 Å². The van der Waals surface area contributed by atoms with E-state index in [4.69, 9.17) is 24.5 Å². The maximum atomic E-state index is 9.10. The molecule has 0 fully saturated rings. The summed E-state index contributed by atoms with van der Waals surface area (Å²) in [7, 11) is 0. The van der Waals surface area contributed by atoms with Crippen LogP contribution >= 0.6 is 15.9 Å². The highest BCUT2D eigenvalue weighted by Crippen LogP contribution is 2.25. The Bertz CT molecular complexity index is 795. The van der Waals surface area contributed by atoms with Crippen molar-refractivity contribution in [3.05, 3.63) is 64.1 Å². The SMILES string of the molecule is CCCN(CCC)CCCc1cc(Br)ccc1OCCc1ccccc1.O=C(O)C(=O)O. The molecule has 32 heavy (non-hydrogen) atoms. The number of carbonyl (C=O) groups is 2. The molecular formula is C25H34BrNO5. The summed E-state index contributed by atoms with van der Waals surface area (Å²) >= 11 is 3.61. The fraction of sp³-hybridized carbons (Fsp3) is 0.440. The van der Waals surface area contributed by atoms with E-state index in [2.05, 4.69) is 83.2 Å². The van der Waals surface area contributed by atoms with Crippen molar-refractivity contribution in [2.75, 3.05) is 26.2 Å². The van der Waals surface area contributed by atoms with Gasteiger partial charge in [-0.2, -0.15) is 0 Å². The first-order valence-electron chi connectivity index (χ1n) is 11.0. The Balaban J connectivity index is 0.000000751.